The molecule has 13 heteroatoms. The van der Waals surface area contributed by atoms with Crippen molar-refractivity contribution >= 4 is 33.6 Å². The fraction of sp³-hybridized carbons (Fsp3) is 0.217. The average Bonchev–Trinajstić information content (AvgIpc) is 3.18. The Hall–Kier alpha value is -4.39. The largest absolute Gasteiger partial charge is 0.515 e. The Kier molecular flexibility index (Phi) is 6.66. The molecule has 0 aliphatic carbocycles. The highest BCUT2D eigenvalue weighted by Crippen LogP contribution is 2.40. The molecule has 0 fully saturated rings. The molecule has 2 aromatic heterocycles. The van der Waals surface area contributed by atoms with Gasteiger partial charge in [-0.25, -0.2) is 9.78 Å². The number of nitrogens with zero attached hydrogens (tertiary/aromatic N) is 2. The number of carbonyl (C=O) groups excluding carboxylic acids is 1. The van der Waals surface area contributed by atoms with Crippen LogP contribution >= 0.6 is 0 Å². The summed E-state index contributed by atoms with van der Waals surface area (Å²) in [6.45, 7) is 1.74. The number of methoxy groups -OCH3 is 1. The normalized spacial score (nSPS) is 11.6. The first-order valence-corrected chi connectivity index (χ1v) is 10.4. The zero-order valence-corrected chi connectivity index (χ0v) is 18.8. The van der Waals surface area contributed by atoms with Gasteiger partial charge in [-0.15, -0.1) is 0 Å². The monoisotopic (exact) mass is 505 g/mol. The molecule has 0 radical (unpaired) electrons. The Morgan fingerprint density at radius 2 is 1.94 bits per heavy atom. The summed E-state index contributed by atoms with van der Waals surface area (Å²) < 4.78 is 59.9. The van der Waals surface area contributed by atoms with Crippen molar-refractivity contribution in [2.24, 2.45) is 0 Å². The third-order valence-electron chi connectivity index (χ3n) is 5.11. The lowest BCUT2D eigenvalue weighted by Crippen LogP contribution is -2.12. The maximum atomic E-state index is 13.0. The van der Waals surface area contributed by atoms with Gasteiger partial charge in [-0.3, -0.25) is 10.1 Å². The van der Waals surface area contributed by atoms with Crippen LogP contribution in [0.3, 0.4) is 0 Å². The molecular formula is C23H18F3N3O7. The Morgan fingerprint density at radius 3 is 2.61 bits per heavy atom. The minimum absolute atomic E-state index is 0.0154. The van der Waals surface area contributed by atoms with Crippen molar-refractivity contribution in [2.45, 2.75) is 19.7 Å². The highest BCUT2D eigenvalue weighted by atomic mass is 19.4. The molecule has 1 N–H and O–H groups in total. The second-order valence-electron chi connectivity index (χ2n) is 7.42. The Balaban J connectivity index is 1.80. The van der Waals surface area contributed by atoms with Gasteiger partial charge in [0.25, 0.3) is 0 Å². The maximum Gasteiger partial charge on any atom is 0.515 e. The van der Waals surface area contributed by atoms with Crippen LogP contribution in [0.5, 0.6) is 17.4 Å². The number of aromatic amines is 1. The van der Waals surface area contributed by atoms with Crippen molar-refractivity contribution in [3.63, 3.8) is 0 Å². The zero-order valence-electron chi connectivity index (χ0n) is 18.8. The van der Waals surface area contributed by atoms with Crippen LogP contribution in [-0.2, 0) is 22.3 Å². The molecule has 4 rings (SSSR count). The molecule has 4 aromatic rings. The maximum absolute atomic E-state index is 13.0. The summed E-state index contributed by atoms with van der Waals surface area (Å²) in [5.74, 6) is -0.273. The first-order chi connectivity index (χ1) is 17.1. The Morgan fingerprint density at radius 1 is 1.17 bits per heavy atom. The van der Waals surface area contributed by atoms with Crippen LogP contribution in [-0.4, -0.2) is 34.8 Å². The minimum atomic E-state index is -4.75. The van der Waals surface area contributed by atoms with E-state index in [0.717, 1.165) is 6.07 Å². The van der Waals surface area contributed by atoms with E-state index < -0.39 is 28.5 Å². The SMILES string of the molecule is CCOC(=O)Oc1ncc2[nH]c3ccc(Oc4ccc(C(F)(F)F)cc4[N+](=O)[O-])cc3c2c1COC. The summed E-state index contributed by atoms with van der Waals surface area (Å²) in [6.07, 6.45) is -4.24. The molecule has 188 valence electrons. The van der Waals surface area contributed by atoms with Crippen LogP contribution in [0.1, 0.15) is 18.1 Å². The van der Waals surface area contributed by atoms with E-state index in [1.165, 1.54) is 19.4 Å². The number of carbonyl (C=O) groups is 1. The summed E-state index contributed by atoms with van der Waals surface area (Å²) in [6, 6.07) is 6.69. The number of hydrogen-bond acceptors (Lipinski definition) is 8. The molecule has 0 atom stereocenters. The number of hydrogen-bond donors (Lipinski definition) is 1. The van der Waals surface area contributed by atoms with Gasteiger partial charge >= 0.3 is 18.0 Å². The second kappa shape index (κ2) is 9.70. The molecule has 0 spiro atoms. The molecule has 2 heterocycles. The Labute approximate surface area is 200 Å². The van der Waals surface area contributed by atoms with Crippen LogP contribution in [0, 0.1) is 10.1 Å². The number of nitro benzene ring substituents is 1. The third kappa shape index (κ3) is 4.86. The molecule has 2 aromatic carbocycles. The van der Waals surface area contributed by atoms with Crippen molar-refractivity contribution < 1.29 is 41.8 Å². The van der Waals surface area contributed by atoms with Crippen molar-refractivity contribution in [2.75, 3.05) is 13.7 Å². The summed E-state index contributed by atoms with van der Waals surface area (Å²) in [7, 11) is 1.44. The number of rotatable bonds is 7. The van der Waals surface area contributed by atoms with Gasteiger partial charge in [0, 0.05) is 29.5 Å². The van der Waals surface area contributed by atoms with E-state index in [-0.39, 0.29) is 30.6 Å². The molecule has 36 heavy (non-hydrogen) atoms. The summed E-state index contributed by atoms with van der Waals surface area (Å²) in [5, 5.41) is 12.6. The highest BCUT2D eigenvalue weighted by molar-refractivity contribution is 6.09. The van der Waals surface area contributed by atoms with E-state index in [4.69, 9.17) is 18.9 Å². The van der Waals surface area contributed by atoms with E-state index in [1.807, 2.05) is 0 Å². The lowest BCUT2D eigenvalue weighted by Gasteiger charge is -2.11. The van der Waals surface area contributed by atoms with Crippen LogP contribution < -0.4 is 9.47 Å². The van der Waals surface area contributed by atoms with E-state index in [1.54, 1.807) is 19.1 Å². The number of alkyl halides is 3. The van der Waals surface area contributed by atoms with Crippen molar-refractivity contribution in [1.82, 2.24) is 9.97 Å². The summed E-state index contributed by atoms with van der Waals surface area (Å²) in [5.41, 5.74) is -0.373. The number of fused-ring (bicyclic) bond motifs is 3. The number of ether oxygens (including phenoxy) is 4. The second-order valence-corrected chi connectivity index (χ2v) is 7.42. The molecule has 0 unspecified atom stereocenters. The van der Waals surface area contributed by atoms with Crippen LogP contribution in [0.2, 0.25) is 0 Å². The fourth-order valence-electron chi connectivity index (χ4n) is 3.63. The van der Waals surface area contributed by atoms with E-state index in [9.17, 15) is 28.1 Å². The molecule has 10 nitrogen and oxygen atoms in total. The lowest BCUT2D eigenvalue weighted by molar-refractivity contribution is -0.385. The van der Waals surface area contributed by atoms with Gasteiger partial charge in [0.2, 0.25) is 11.6 Å². The third-order valence-corrected chi connectivity index (χ3v) is 5.11. The molecular weight excluding hydrogens is 487 g/mol. The molecule has 0 saturated heterocycles. The topological polar surface area (TPSA) is 126 Å². The van der Waals surface area contributed by atoms with Gasteiger partial charge in [0.05, 0.1) is 41.0 Å². The standard InChI is InChI=1S/C23H18F3N3O7/c1-3-34-22(30)36-21-15(11-33-2)20-14-9-13(5-6-16(14)28-17(20)10-27-21)35-19-7-4-12(23(24,25)26)8-18(19)29(31)32/h4-10,28H,3,11H2,1-2H3. The molecule has 0 saturated carbocycles. The van der Waals surface area contributed by atoms with Crippen molar-refractivity contribution in [3.8, 4) is 17.4 Å². The lowest BCUT2D eigenvalue weighted by atomic mass is 10.1. The molecule has 0 bridgehead atoms. The summed E-state index contributed by atoms with van der Waals surface area (Å²) >= 11 is 0. The van der Waals surface area contributed by atoms with Gasteiger partial charge in [0.15, 0.2) is 0 Å². The van der Waals surface area contributed by atoms with E-state index in [2.05, 4.69) is 9.97 Å². The molecule has 0 aliphatic rings. The number of halogens is 3. The van der Waals surface area contributed by atoms with Crippen LogP contribution in [0.4, 0.5) is 23.7 Å². The average molecular weight is 505 g/mol. The number of aromatic nitrogens is 2. The highest BCUT2D eigenvalue weighted by Gasteiger charge is 2.33. The number of H-pyrrole nitrogens is 1. The number of pyridine rings is 1. The Bertz CT molecular complexity index is 1470. The minimum Gasteiger partial charge on any atom is -0.450 e. The van der Waals surface area contributed by atoms with Crippen LogP contribution in [0.15, 0.2) is 42.6 Å². The van der Waals surface area contributed by atoms with Gasteiger partial charge in [-0.05, 0) is 37.3 Å². The predicted octanol–water partition coefficient (Wildman–Crippen LogP) is 6.12. The first-order valence-electron chi connectivity index (χ1n) is 10.4. The van der Waals surface area contributed by atoms with Gasteiger partial charge in [-0.2, -0.15) is 13.2 Å². The van der Waals surface area contributed by atoms with Gasteiger partial charge in [0.1, 0.15) is 5.75 Å². The van der Waals surface area contributed by atoms with Gasteiger partial charge < -0.3 is 23.9 Å². The number of nitrogens with one attached hydrogen (secondary N) is 1. The van der Waals surface area contributed by atoms with Gasteiger partial charge in [-0.1, -0.05) is 0 Å². The fourth-order valence-corrected chi connectivity index (χ4v) is 3.63. The number of benzene rings is 2. The number of nitro groups is 1. The first kappa shape index (κ1) is 24.7. The molecule has 0 amide bonds. The zero-order chi connectivity index (χ0) is 26.0. The van der Waals surface area contributed by atoms with Crippen molar-refractivity contribution in [1.29, 1.82) is 0 Å². The smallest absolute Gasteiger partial charge is 0.450 e. The van der Waals surface area contributed by atoms with E-state index in [0.29, 0.717) is 39.5 Å². The molecule has 0 aliphatic heterocycles. The summed E-state index contributed by atoms with van der Waals surface area (Å²) in [4.78, 5) is 29.6. The van der Waals surface area contributed by atoms with Crippen molar-refractivity contribution in [3.05, 3.63) is 63.8 Å². The quantitative estimate of drug-likeness (QED) is 0.181. The van der Waals surface area contributed by atoms with E-state index >= 15 is 0 Å². The predicted molar refractivity (Wildman–Crippen MR) is 120 cm³/mol. The van der Waals surface area contributed by atoms with Crippen LogP contribution in [0.25, 0.3) is 21.8 Å².